The van der Waals surface area contributed by atoms with E-state index in [2.05, 4.69) is 9.44 Å². The van der Waals surface area contributed by atoms with Crippen LogP contribution in [-0.4, -0.2) is 41.5 Å². The topological polar surface area (TPSA) is 84.1 Å². The predicted octanol–water partition coefficient (Wildman–Crippen LogP) is 5.87. The van der Waals surface area contributed by atoms with Crippen molar-refractivity contribution in [2.24, 2.45) is 5.16 Å². The van der Waals surface area contributed by atoms with Gasteiger partial charge in [-0.3, -0.25) is 14.2 Å². The van der Waals surface area contributed by atoms with Crippen LogP contribution in [-0.2, 0) is 4.28 Å². The molecule has 0 aliphatic carbocycles. The van der Waals surface area contributed by atoms with Crippen molar-refractivity contribution in [2.75, 3.05) is 13.2 Å². The van der Waals surface area contributed by atoms with Crippen molar-refractivity contribution in [3.8, 4) is 11.5 Å². The van der Waals surface area contributed by atoms with Crippen LogP contribution in [0.3, 0.4) is 0 Å². The average molecular weight is 482 g/mol. The van der Waals surface area contributed by atoms with Gasteiger partial charge in [-0.2, -0.15) is 26.3 Å². The van der Waals surface area contributed by atoms with Gasteiger partial charge in [-0.25, -0.2) is 0 Å². The van der Waals surface area contributed by atoms with E-state index in [1.165, 1.54) is 24.3 Å². The van der Waals surface area contributed by atoms with Crippen LogP contribution in [0.5, 0.6) is 11.5 Å². The van der Waals surface area contributed by atoms with Gasteiger partial charge in [-0.15, -0.1) is 0 Å². The second-order valence-electron chi connectivity index (χ2n) is 6.06. The number of alkyl halides is 6. The molecule has 174 valence electrons. The maximum atomic E-state index is 13.0. The summed E-state index contributed by atoms with van der Waals surface area (Å²) in [6.07, 6.45) is -9.13. The van der Waals surface area contributed by atoms with E-state index < -0.39 is 23.8 Å². The van der Waals surface area contributed by atoms with Crippen LogP contribution in [0.4, 0.5) is 26.3 Å². The van der Waals surface area contributed by atoms with Crippen molar-refractivity contribution in [1.82, 2.24) is 0 Å². The molecule has 2 aromatic carbocycles. The molecular formula is C19H16F6N2O4S. The van der Waals surface area contributed by atoms with Crippen LogP contribution >= 0.6 is 12.3 Å². The Balaban J connectivity index is 1.80. The first-order valence-corrected chi connectivity index (χ1v) is 9.47. The highest BCUT2D eigenvalue weighted by molar-refractivity contribution is 7.88. The zero-order chi connectivity index (χ0) is 23.8. The molecule has 0 bridgehead atoms. The Bertz CT molecular complexity index is 915. The van der Waals surface area contributed by atoms with E-state index in [1.54, 1.807) is 0 Å². The summed E-state index contributed by atoms with van der Waals surface area (Å²) < 4.78 is 99.5. The van der Waals surface area contributed by atoms with E-state index in [4.69, 9.17) is 19.4 Å². The minimum absolute atomic E-state index is 0.167. The zero-order valence-corrected chi connectivity index (χ0v) is 16.9. The third-order valence-corrected chi connectivity index (χ3v) is 3.95. The highest BCUT2D eigenvalue weighted by Gasteiger charge is 2.38. The van der Waals surface area contributed by atoms with Gasteiger partial charge in [0, 0.05) is 17.5 Å². The minimum Gasteiger partial charge on any atom is -0.493 e. The summed E-state index contributed by atoms with van der Waals surface area (Å²) in [6.45, 7) is 0.343. The molecule has 0 amide bonds. The lowest BCUT2D eigenvalue weighted by Gasteiger charge is -2.11. The van der Waals surface area contributed by atoms with Gasteiger partial charge in [0.15, 0.2) is 5.71 Å². The monoisotopic (exact) mass is 482 g/mol. The molecule has 0 saturated heterocycles. The molecule has 13 heteroatoms. The van der Waals surface area contributed by atoms with E-state index >= 15 is 0 Å². The molecule has 2 aromatic rings. The Labute approximate surface area is 182 Å². The Morgan fingerprint density at radius 2 is 1.28 bits per heavy atom. The van der Waals surface area contributed by atoms with Crippen LogP contribution in [0.25, 0.3) is 0 Å². The Hall–Kier alpha value is -2.93. The number of hydrogen-bond acceptors (Lipinski definition) is 7. The summed E-state index contributed by atoms with van der Waals surface area (Å²) in [4.78, 5) is 0. The maximum Gasteiger partial charge on any atom is 0.437 e. The molecule has 2 N–H and O–H groups in total. The van der Waals surface area contributed by atoms with Gasteiger partial charge in [0.1, 0.15) is 17.2 Å². The fraction of sp³-hybridized carbons (Fsp3) is 0.263. The highest BCUT2D eigenvalue weighted by Crippen LogP contribution is 2.25. The van der Waals surface area contributed by atoms with Crippen molar-refractivity contribution in [1.29, 1.82) is 5.41 Å². The SMILES string of the molecule is N=C(c1ccc(OCCCOc2ccc(/C(=N/OSO)C(F)(F)F)cc2)cc1)C(F)(F)F. The molecular weight excluding hydrogens is 466 g/mol. The molecule has 0 unspecified atom stereocenters. The Kier molecular flexibility index (Phi) is 8.78. The molecule has 0 atom stereocenters. The van der Waals surface area contributed by atoms with Crippen molar-refractivity contribution in [3.63, 3.8) is 0 Å². The summed E-state index contributed by atoms with van der Waals surface area (Å²) in [5.74, 6) is 0.609. The summed E-state index contributed by atoms with van der Waals surface area (Å²) >= 11 is -0.318. The fourth-order valence-electron chi connectivity index (χ4n) is 2.35. The van der Waals surface area contributed by atoms with Gasteiger partial charge in [-0.05, 0) is 48.5 Å². The number of hydrogen-bond donors (Lipinski definition) is 2. The summed E-state index contributed by atoms with van der Waals surface area (Å²) in [6, 6.07) is 9.75. The van der Waals surface area contributed by atoms with Crippen LogP contribution in [0, 0.1) is 5.41 Å². The van der Waals surface area contributed by atoms with Gasteiger partial charge in [0.25, 0.3) is 12.3 Å². The number of halogens is 6. The second kappa shape index (κ2) is 11.1. The molecule has 0 spiro atoms. The van der Waals surface area contributed by atoms with Crippen LogP contribution < -0.4 is 9.47 Å². The van der Waals surface area contributed by atoms with Crippen LogP contribution in [0.1, 0.15) is 17.5 Å². The molecule has 0 fully saturated rings. The van der Waals surface area contributed by atoms with Gasteiger partial charge in [0.2, 0.25) is 0 Å². The lowest BCUT2D eigenvalue weighted by atomic mass is 10.1. The van der Waals surface area contributed by atoms with Gasteiger partial charge in [0.05, 0.1) is 13.2 Å². The lowest BCUT2D eigenvalue weighted by molar-refractivity contribution is -0.0602. The molecule has 2 rings (SSSR count). The minimum atomic E-state index is -4.79. The third kappa shape index (κ3) is 7.64. The number of rotatable bonds is 10. The molecule has 32 heavy (non-hydrogen) atoms. The molecule has 0 aliphatic heterocycles. The highest BCUT2D eigenvalue weighted by atomic mass is 32.2. The maximum absolute atomic E-state index is 13.0. The number of oxime groups is 1. The average Bonchev–Trinajstić information content (AvgIpc) is 2.73. The van der Waals surface area contributed by atoms with Crippen molar-refractivity contribution in [2.45, 2.75) is 18.8 Å². The molecule has 0 radical (unpaired) electrons. The van der Waals surface area contributed by atoms with E-state index in [9.17, 15) is 26.3 Å². The first-order valence-electron chi connectivity index (χ1n) is 8.77. The standard InChI is InChI=1S/C19H16F6N2O4S/c20-18(21,22)16(26)12-2-6-14(7-3-12)29-10-1-11-30-15-8-4-13(5-9-15)17(19(23,24)25)27-31-32-28/h2-9,26,28H,1,10-11H2/b26-16?,27-17-. The fourth-order valence-corrected chi connectivity index (χ4v) is 2.46. The molecule has 0 heterocycles. The summed E-state index contributed by atoms with van der Waals surface area (Å²) in [5.41, 5.74) is -3.34. The first-order chi connectivity index (χ1) is 15.0. The predicted molar refractivity (Wildman–Crippen MR) is 105 cm³/mol. The molecule has 6 nitrogen and oxygen atoms in total. The largest absolute Gasteiger partial charge is 0.493 e. The van der Waals surface area contributed by atoms with Crippen LogP contribution in [0.15, 0.2) is 53.7 Å². The van der Waals surface area contributed by atoms with E-state index in [0.29, 0.717) is 17.9 Å². The molecule has 0 aromatic heterocycles. The van der Waals surface area contributed by atoms with Crippen molar-refractivity contribution < 1.29 is 44.7 Å². The van der Waals surface area contributed by atoms with E-state index in [-0.39, 0.29) is 36.7 Å². The second-order valence-corrected chi connectivity index (χ2v) is 6.36. The number of ether oxygens (including phenoxy) is 2. The van der Waals surface area contributed by atoms with Crippen LogP contribution in [0.2, 0.25) is 0 Å². The quantitative estimate of drug-likeness (QED) is 0.146. The van der Waals surface area contributed by atoms with Crippen molar-refractivity contribution >= 4 is 23.7 Å². The smallest absolute Gasteiger partial charge is 0.437 e. The first kappa shape index (κ1) is 25.3. The summed E-state index contributed by atoms with van der Waals surface area (Å²) in [7, 11) is 0. The molecule has 0 saturated carbocycles. The van der Waals surface area contributed by atoms with Crippen molar-refractivity contribution in [3.05, 3.63) is 59.7 Å². The van der Waals surface area contributed by atoms with Gasteiger partial charge in [-0.1, -0.05) is 5.16 Å². The van der Waals surface area contributed by atoms with Gasteiger partial charge < -0.3 is 9.47 Å². The summed E-state index contributed by atoms with van der Waals surface area (Å²) in [5, 5.41) is 9.90. The molecule has 0 aliphatic rings. The zero-order valence-electron chi connectivity index (χ0n) is 16.0. The number of benzene rings is 2. The third-order valence-electron chi connectivity index (χ3n) is 3.81. The number of nitrogens with one attached hydrogen (secondary N) is 1. The number of nitrogens with zero attached hydrogens (tertiary/aromatic N) is 1. The van der Waals surface area contributed by atoms with E-state index in [1.807, 2.05) is 0 Å². The van der Waals surface area contributed by atoms with Gasteiger partial charge >= 0.3 is 12.4 Å². The van der Waals surface area contributed by atoms with E-state index in [0.717, 1.165) is 24.3 Å². The normalized spacial score (nSPS) is 12.4. The Morgan fingerprint density at radius 3 is 1.69 bits per heavy atom. The Morgan fingerprint density at radius 1 is 0.812 bits per heavy atom. The lowest BCUT2D eigenvalue weighted by Crippen LogP contribution is -2.24.